The zero-order valence-corrected chi connectivity index (χ0v) is 22.4. The summed E-state index contributed by atoms with van der Waals surface area (Å²) in [6.45, 7) is 5.40. The second kappa shape index (κ2) is 12.0. The molecule has 0 unspecified atom stereocenters. The molecule has 0 aliphatic carbocycles. The maximum atomic E-state index is 13.5. The van der Waals surface area contributed by atoms with E-state index in [-0.39, 0.29) is 10.6 Å². The number of sulfonamides is 1. The number of nitrogens with one attached hydrogen (secondary N) is 1. The van der Waals surface area contributed by atoms with Gasteiger partial charge in [-0.15, -0.1) is 0 Å². The summed E-state index contributed by atoms with van der Waals surface area (Å²) in [4.78, 5) is 25.9. The molecule has 1 saturated heterocycles. The number of aryl methyl sites for hydroxylation is 2. The molecule has 3 aromatic carbocycles. The van der Waals surface area contributed by atoms with E-state index in [0.717, 1.165) is 9.87 Å². The monoisotopic (exact) mass is 551 g/mol. The summed E-state index contributed by atoms with van der Waals surface area (Å²) in [5, 5.41) is 15.3. The lowest BCUT2D eigenvalue weighted by molar-refractivity contribution is -0.384. The second-order valence-corrected chi connectivity index (χ2v) is 10.9. The van der Waals surface area contributed by atoms with Gasteiger partial charge in [-0.1, -0.05) is 35.9 Å². The van der Waals surface area contributed by atoms with E-state index in [2.05, 4.69) is 10.5 Å². The van der Waals surface area contributed by atoms with Crippen LogP contribution in [0.1, 0.15) is 16.7 Å². The predicted molar refractivity (Wildman–Crippen MR) is 149 cm³/mol. The van der Waals surface area contributed by atoms with E-state index in [1.165, 1.54) is 30.5 Å². The molecule has 204 valence electrons. The number of benzene rings is 3. The maximum absolute atomic E-state index is 13.5. The summed E-state index contributed by atoms with van der Waals surface area (Å²) in [5.74, 6) is -0.677. The average molecular weight is 552 g/mol. The molecule has 0 radical (unpaired) electrons. The first-order valence-corrected chi connectivity index (χ1v) is 13.7. The van der Waals surface area contributed by atoms with E-state index >= 15 is 0 Å². The van der Waals surface area contributed by atoms with Crippen molar-refractivity contribution in [1.29, 1.82) is 0 Å². The average Bonchev–Trinajstić information content (AvgIpc) is 2.93. The van der Waals surface area contributed by atoms with E-state index in [1.54, 1.807) is 43.3 Å². The molecule has 4 rings (SSSR count). The Kier molecular flexibility index (Phi) is 8.57. The van der Waals surface area contributed by atoms with E-state index in [9.17, 15) is 23.3 Å². The minimum atomic E-state index is -4.07. The SMILES string of the molecule is Cc1ccc(N(CC(=O)N/N=C\c2cc([N+](=O)[O-])ccc2N2CCOCC2)S(=O)(=O)c2ccccc2)c(C)c1. The Morgan fingerprint density at radius 2 is 1.82 bits per heavy atom. The van der Waals surface area contributed by atoms with Gasteiger partial charge in [0.25, 0.3) is 21.6 Å². The molecule has 3 aromatic rings. The number of anilines is 2. The number of nitro benzene ring substituents is 1. The molecule has 1 aliphatic rings. The number of carbonyl (C=O) groups excluding carboxylic acids is 1. The minimum absolute atomic E-state index is 0.0491. The van der Waals surface area contributed by atoms with Crippen LogP contribution in [-0.2, 0) is 19.6 Å². The molecule has 1 N–H and O–H groups in total. The van der Waals surface area contributed by atoms with Crippen LogP contribution >= 0.6 is 0 Å². The summed E-state index contributed by atoms with van der Waals surface area (Å²) in [7, 11) is -4.07. The van der Waals surface area contributed by atoms with Gasteiger partial charge in [0.15, 0.2) is 0 Å². The normalized spacial score (nSPS) is 13.8. The highest BCUT2D eigenvalue weighted by atomic mass is 32.2. The van der Waals surface area contributed by atoms with Gasteiger partial charge in [-0.2, -0.15) is 5.10 Å². The number of amides is 1. The molecule has 39 heavy (non-hydrogen) atoms. The third kappa shape index (κ3) is 6.59. The number of ether oxygens (including phenoxy) is 1. The lowest BCUT2D eigenvalue weighted by atomic mass is 10.1. The largest absolute Gasteiger partial charge is 0.378 e. The second-order valence-electron chi connectivity index (χ2n) is 9.01. The van der Waals surface area contributed by atoms with Gasteiger partial charge in [0, 0.05) is 36.5 Å². The summed E-state index contributed by atoms with van der Waals surface area (Å²) < 4.78 is 33.5. The zero-order valence-electron chi connectivity index (χ0n) is 21.6. The molecular formula is C27H29N5O6S. The van der Waals surface area contributed by atoms with Crippen molar-refractivity contribution in [2.75, 3.05) is 42.1 Å². The highest BCUT2D eigenvalue weighted by molar-refractivity contribution is 7.92. The summed E-state index contributed by atoms with van der Waals surface area (Å²) in [6.07, 6.45) is 1.32. The van der Waals surface area contributed by atoms with Crippen LogP contribution in [0, 0.1) is 24.0 Å². The first kappa shape index (κ1) is 27.7. The van der Waals surface area contributed by atoms with Gasteiger partial charge in [0.1, 0.15) is 6.54 Å². The van der Waals surface area contributed by atoms with Crippen LogP contribution in [0.3, 0.4) is 0 Å². The molecule has 0 saturated carbocycles. The van der Waals surface area contributed by atoms with Crippen molar-refractivity contribution < 1.29 is 22.9 Å². The Bertz CT molecular complexity index is 1490. The number of nitro groups is 1. The summed E-state index contributed by atoms with van der Waals surface area (Å²) in [5.41, 5.74) is 5.43. The number of nitrogens with zero attached hydrogens (tertiary/aromatic N) is 4. The van der Waals surface area contributed by atoms with Crippen LogP contribution in [0.5, 0.6) is 0 Å². The lowest BCUT2D eigenvalue weighted by Gasteiger charge is -2.29. The number of hydrazone groups is 1. The Balaban J connectivity index is 1.59. The summed E-state index contributed by atoms with van der Waals surface area (Å²) >= 11 is 0. The first-order valence-electron chi connectivity index (χ1n) is 12.2. The quantitative estimate of drug-likeness (QED) is 0.245. The molecule has 0 atom stereocenters. The van der Waals surface area contributed by atoms with Crippen LogP contribution in [0.4, 0.5) is 17.1 Å². The minimum Gasteiger partial charge on any atom is -0.378 e. The molecule has 0 aromatic heterocycles. The number of non-ortho nitro benzene ring substituents is 1. The van der Waals surface area contributed by atoms with Gasteiger partial charge in [0.2, 0.25) is 0 Å². The van der Waals surface area contributed by atoms with Gasteiger partial charge in [-0.25, -0.2) is 13.8 Å². The van der Waals surface area contributed by atoms with Crippen LogP contribution < -0.4 is 14.6 Å². The van der Waals surface area contributed by atoms with E-state index in [0.29, 0.717) is 48.8 Å². The standard InChI is InChI=1S/C27H29N5O6S/c1-20-8-10-25(21(2)16-20)31(39(36,37)24-6-4-3-5-7-24)19-27(33)29-28-18-22-17-23(32(34)35)9-11-26(22)30-12-14-38-15-13-30/h3-11,16-18H,12-15,19H2,1-2H3,(H,29,33)/b28-18-. The highest BCUT2D eigenvalue weighted by Gasteiger charge is 2.28. The fourth-order valence-corrected chi connectivity index (χ4v) is 5.80. The Morgan fingerprint density at radius 3 is 2.49 bits per heavy atom. The molecular weight excluding hydrogens is 522 g/mol. The topological polar surface area (TPSA) is 134 Å². The number of morpholine rings is 1. The maximum Gasteiger partial charge on any atom is 0.270 e. The molecule has 12 heteroatoms. The van der Waals surface area contributed by atoms with Crippen LogP contribution in [0.2, 0.25) is 0 Å². The van der Waals surface area contributed by atoms with Crippen molar-refractivity contribution in [2.24, 2.45) is 5.10 Å². The number of hydrogen-bond donors (Lipinski definition) is 1. The third-order valence-corrected chi connectivity index (χ3v) is 7.98. The van der Waals surface area contributed by atoms with Gasteiger partial charge >= 0.3 is 0 Å². The van der Waals surface area contributed by atoms with Gasteiger partial charge in [0.05, 0.1) is 34.9 Å². The summed E-state index contributed by atoms with van der Waals surface area (Å²) in [6, 6.07) is 17.6. The highest BCUT2D eigenvalue weighted by Crippen LogP contribution is 2.28. The van der Waals surface area contributed by atoms with Crippen LogP contribution in [0.15, 0.2) is 76.7 Å². The van der Waals surface area contributed by atoms with Gasteiger partial charge in [-0.05, 0) is 43.7 Å². The fraction of sp³-hybridized carbons (Fsp3) is 0.259. The van der Waals surface area contributed by atoms with Crippen molar-refractivity contribution >= 4 is 39.2 Å². The van der Waals surface area contributed by atoms with Crippen molar-refractivity contribution in [2.45, 2.75) is 18.7 Å². The third-order valence-electron chi connectivity index (χ3n) is 6.21. The zero-order chi connectivity index (χ0) is 28.0. The van der Waals surface area contributed by atoms with Gasteiger partial charge in [-0.3, -0.25) is 19.2 Å². The van der Waals surface area contributed by atoms with E-state index < -0.39 is 27.4 Å². The predicted octanol–water partition coefficient (Wildman–Crippen LogP) is 3.39. The Morgan fingerprint density at radius 1 is 1.10 bits per heavy atom. The van der Waals surface area contributed by atoms with Crippen molar-refractivity contribution in [1.82, 2.24) is 5.43 Å². The smallest absolute Gasteiger partial charge is 0.270 e. The molecule has 1 fully saturated rings. The Labute approximate surface area is 226 Å². The van der Waals surface area contributed by atoms with Crippen LogP contribution in [0.25, 0.3) is 0 Å². The van der Waals surface area contributed by atoms with Crippen molar-refractivity contribution in [3.8, 4) is 0 Å². The number of carbonyl (C=O) groups is 1. The Hall–Kier alpha value is -4.29. The molecule has 11 nitrogen and oxygen atoms in total. The van der Waals surface area contributed by atoms with Crippen molar-refractivity contribution in [3.63, 3.8) is 0 Å². The first-order chi connectivity index (χ1) is 18.7. The van der Waals surface area contributed by atoms with E-state index in [1.807, 2.05) is 17.9 Å². The molecule has 1 amide bonds. The molecule has 0 spiro atoms. The molecule has 1 heterocycles. The van der Waals surface area contributed by atoms with Crippen LogP contribution in [-0.4, -0.2) is 58.3 Å². The van der Waals surface area contributed by atoms with Crippen molar-refractivity contribution in [3.05, 3.63) is 93.5 Å². The molecule has 0 bridgehead atoms. The molecule has 1 aliphatic heterocycles. The van der Waals surface area contributed by atoms with E-state index in [4.69, 9.17) is 4.74 Å². The fourth-order valence-electron chi connectivity index (χ4n) is 4.30. The number of hydrogen-bond acceptors (Lipinski definition) is 8. The lowest BCUT2D eigenvalue weighted by Crippen LogP contribution is -2.40. The van der Waals surface area contributed by atoms with Gasteiger partial charge < -0.3 is 9.64 Å². The number of rotatable bonds is 9.